The van der Waals surface area contributed by atoms with Crippen molar-refractivity contribution in [2.24, 2.45) is 17.1 Å². The van der Waals surface area contributed by atoms with Gasteiger partial charge in [0.15, 0.2) is 0 Å². The Morgan fingerprint density at radius 1 is 1.13 bits per heavy atom. The monoisotopic (exact) mass is 410 g/mol. The van der Waals surface area contributed by atoms with Crippen LogP contribution in [0.15, 0.2) is 18.2 Å². The molecule has 3 atom stereocenters. The lowest BCUT2D eigenvalue weighted by Crippen LogP contribution is -2.63. The molecule has 5 rings (SSSR count). The SMILES string of the molecule is NC1CC(CNCc2ccc3c(c2)C(=O)N(C2CCC(=O)NC2=O)C3=O)C12CCC2. The maximum atomic E-state index is 12.9. The summed E-state index contributed by atoms with van der Waals surface area (Å²) < 4.78 is 0. The minimum atomic E-state index is -0.932. The molecule has 4 N–H and O–H groups in total. The summed E-state index contributed by atoms with van der Waals surface area (Å²) in [5.74, 6) is -1.30. The Bertz CT molecular complexity index is 954. The Hall–Kier alpha value is -2.58. The zero-order chi connectivity index (χ0) is 21.0. The van der Waals surface area contributed by atoms with Crippen LogP contribution in [0, 0.1) is 11.3 Å². The molecule has 2 aliphatic heterocycles. The van der Waals surface area contributed by atoms with Crippen LogP contribution in [0.3, 0.4) is 0 Å². The zero-order valence-corrected chi connectivity index (χ0v) is 16.8. The van der Waals surface area contributed by atoms with Gasteiger partial charge in [-0.05, 0) is 61.3 Å². The Kier molecular flexibility index (Phi) is 4.52. The van der Waals surface area contributed by atoms with Crippen molar-refractivity contribution in [1.82, 2.24) is 15.5 Å². The molecule has 1 aromatic rings. The first-order valence-corrected chi connectivity index (χ1v) is 10.7. The number of nitrogens with one attached hydrogen (secondary N) is 2. The lowest BCUT2D eigenvalue weighted by atomic mass is 9.47. The highest BCUT2D eigenvalue weighted by Crippen LogP contribution is 2.58. The summed E-state index contributed by atoms with van der Waals surface area (Å²) in [6, 6.07) is 4.64. The molecule has 8 heteroatoms. The first-order chi connectivity index (χ1) is 14.4. The number of hydrogen-bond acceptors (Lipinski definition) is 6. The van der Waals surface area contributed by atoms with Gasteiger partial charge in [-0.25, -0.2) is 0 Å². The van der Waals surface area contributed by atoms with Gasteiger partial charge in [0.05, 0.1) is 11.1 Å². The third-order valence-corrected chi connectivity index (χ3v) is 7.60. The van der Waals surface area contributed by atoms with Crippen molar-refractivity contribution >= 4 is 23.6 Å². The average molecular weight is 410 g/mol. The molecule has 3 unspecified atom stereocenters. The molecular formula is C22H26N4O4. The van der Waals surface area contributed by atoms with Crippen LogP contribution in [0.1, 0.15) is 64.8 Å². The maximum Gasteiger partial charge on any atom is 0.262 e. The van der Waals surface area contributed by atoms with Gasteiger partial charge in [0, 0.05) is 19.0 Å². The van der Waals surface area contributed by atoms with Crippen molar-refractivity contribution in [2.45, 2.75) is 57.2 Å². The number of carbonyl (C=O) groups is 4. The molecule has 4 amide bonds. The van der Waals surface area contributed by atoms with Crippen LogP contribution in [-0.4, -0.2) is 47.2 Å². The van der Waals surface area contributed by atoms with E-state index in [1.54, 1.807) is 12.1 Å². The molecule has 4 aliphatic rings. The fourth-order valence-electron chi connectivity index (χ4n) is 5.59. The summed E-state index contributed by atoms with van der Waals surface area (Å²) in [7, 11) is 0. The van der Waals surface area contributed by atoms with E-state index in [0.717, 1.165) is 23.4 Å². The third kappa shape index (κ3) is 2.81. The van der Waals surface area contributed by atoms with E-state index in [9.17, 15) is 19.2 Å². The number of hydrogen-bond donors (Lipinski definition) is 3. The fourth-order valence-corrected chi connectivity index (χ4v) is 5.59. The Morgan fingerprint density at radius 3 is 2.57 bits per heavy atom. The molecule has 3 fully saturated rings. The number of carbonyl (C=O) groups excluding carboxylic acids is 4. The van der Waals surface area contributed by atoms with Crippen molar-refractivity contribution in [3.63, 3.8) is 0 Å². The van der Waals surface area contributed by atoms with Crippen LogP contribution in [-0.2, 0) is 16.1 Å². The standard InChI is InChI=1S/C22H26N4O4/c23-17-9-13(22(17)6-1-7-22)11-24-10-12-2-3-14-15(8-12)21(30)26(20(14)29)16-4-5-18(27)25-19(16)28/h2-3,8,13,16-17,24H,1,4-7,9-11,23H2,(H,25,27,28). The van der Waals surface area contributed by atoms with Crippen LogP contribution in [0.4, 0.5) is 0 Å². The van der Waals surface area contributed by atoms with Crippen molar-refractivity contribution in [2.75, 3.05) is 6.54 Å². The molecular weight excluding hydrogens is 384 g/mol. The van der Waals surface area contributed by atoms with Gasteiger partial charge in [-0.3, -0.25) is 29.4 Å². The summed E-state index contributed by atoms with van der Waals surface area (Å²) in [5, 5.41) is 5.70. The topological polar surface area (TPSA) is 122 Å². The average Bonchev–Trinajstić information content (AvgIpc) is 2.90. The van der Waals surface area contributed by atoms with Gasteiger partial charge in [0.2, 0.25) is 11.8 Å². The normalized spacial score (nSPS) is 29.5. The second-order valence-corrected chi connectivity index (χ2v) is 9.08. The summed E-state index contributed by atoms with van der Waals surface area (Å²) in [4.78, 5) is 50.2. The number of imide groups is 2. The highest BCUT2D eigenvalue weighted by molar-refractivity contribution is 6.23. The van der Waals surface area contributed by atoms with Crippen molar-refractivity contribution in [3.05, 3.63) is 34.9 Å². The molecule has 1 spiro atoms. The van der Waals surface area contributed by atoms with Gasteiger partial charge in [-0.1, -0.05) is 12.5 Å². The number of piperidine rings is 1. The van der Waals surface area contributed by atoms with Crippen LogP contribution in [0.2, 0.25) is 0 Å². The van der Waals surface area contributed by atoms with Crippen molar-refractivity contribution < 1.29 is 19.2 Å². The van der Waals surface area contributed by atoms with E-state index in [1.807, 2.05) is 6.07 Å². The highest BCUT2D eigenvalue weighted by atomic mass is 16.2. The highest BCUT2D eigenvalue weighted by Gasteiger charge is 2.55. The summed E-state index contributed by atoms with van der Waals surface area (Å²) >= 11 is 0. The smallest absolute Gasteiger partial charge is 0.262 e. The van der Waals surface area contributed by atoms with Crippen LogP contribution in [0.5, 0.6) is 0 Å². The molecule has 1 saturated heterocycles. The quantitative estimate of drug-likeness (QED) is 0.614. The first kappa shape index (κ1) is 19.4. The fraction of sp³-hybridized carbons (Fsp3) is 0.545. The molecule has 1 aromatic carbocycles. The second kappa shape index (κ2) is 6.99. The Morgan fingerprint density at radius 2 is 1.90 bits per heavy atom. The van der Waals surface area contributed by atoms with Crippen molar-refractivity contribution in [1.29, 1.82) is 0 Å². The molecule has 0 aromatic heterocycles. The number of benzene rings is 1. The zero-order valence-electron chi connectivity index (χ0n) is 16.8. The minimum absolute atomic E-state index is 0.116. The summed E-state index contributed by atoms with van der Waals surface area (Å²) in [6.07, 6.45) is 5.07. The Labute approximate surface area is 174 Å². The lowest BCUT2D eigenvalue weighted by Gasteiger charge is -2.60. The largest absolute Gasteiger partial charge is 0.327 e. The first-order valence-electron chi connectivity index (χ1n) is 10.7. The van der Waals surface area contributed by atoms with E-state index in [-0.39, 0.29) is 18.7 Å². The number of amides is 4. The van der Waals surface area contributed by atoms with Gasteiger partial charge in [0.1, 0.15) is 6.04 Å². The van der Waals surface area contributed by atoms with E-state index < -0.39 is 23.8 Å². The van der Waals surface area contributed by atoms with Gasteiger partial charge in [0.25, 0.3) is 11.8 Å². The van der Waals surface area contributed by atoms with Gasteiger partial charge >= 0.3 is 0 Å². The third-order valence-electron chi connectivity index (χ3n) is 7.60. The van der Waals surface area contributed by atoms with E-state index in [1.165, 1.54) is 19.3 Å². The van der Waals surface area contributed by atoms with E-state index in [2.05, 4.69) is 10.6 Å². The van der Waals surface area contributed by atoms with Gasteiger partial charge < -0.3 is 11.1 Å². The second-order valence-electron chi connectivity index (χ2n) is 9.08. The van der Waals surface area contributed by atoms with Crippen LogP contribution >= 0.6 is 0 Å². The van der Waals surface area contributed by atoms with Crippen LogP contribution in [0.25, 0.3) is 0 Å². The van der Waals surface area contributed by atoms with E-state index in [4.69, 9.17) is 5.73 Å². The number of nitrogens with zero attached hydrogens (tertiary/aromatic N) is 1. The molecule has 30 heavy (non-hydrogen) atoms. The van der Waals surface area contributed by atoms with E-state index >= 15 is 0 Å². The Balaban J connectivity index is 1.25. The molecule has 2 heterocycles. The number of nitrogens with two attached hydrogens (primary N) is 1. The minimum Gasteiger partial charge on any atom is -0.327 e. The summed E-state index contributed by atoms with van der Waals surface area (Å²) in [5.41, 5.74) is 8.13. The lowest BCUT2D eigenvalue weighted by molar-refractivity contribution is -0.136. The predicted molar refractivity (Wildman–Crippen MR) is 107 cm³/mol. The molecule has 8 nitrogen and oxygen atoms in total. The molecule has 0 bridgehead atoms. The van der Waals surface area contributed by atoms with E-state index in [0.29, 0.717) is 35.0 Å². The maximum absolute atomic E-state index is 12.9. The van der Waals surface area contributed by atoms with Gasteiger partial charge in [-0.15, -0.1) is 0 Å². The number of fused-ring (bicyclic) bond motifs is 1. The molecule has 158 valence electrons. The summed E-state index contributed by atoms with van der Waals surface area (Å²) in [6.45, 7) is 1.51. The van der Waals surface area contributed by atoms with Crippen LogP contribution < -0.4 is 16.4 Å². The molecule has 2 aliphatic carbocycles. The molecule has 0 radical (unpaired) electrons. The molecule has 2 saturated carbocycles. The number of rotatable bonds is 5. The van der Waals surface area contributed by atoms with Gasteiger partial charge in [-0.2, -0.15) is 0 Å². The van der Waals surface area contributed by atoms with Crippen molar-refractivity contribution in [3.8, 4) is 0 Å². The predicted octanol–water partition coefficient (Wildman–Crippen LogP) is 0.695.